The Hall–Kier alpha value is -1.71. The van der Waals surface area contributed by atoms with Crippen molar-refractivity contribution >= 4 is 0 Å². The second-order valence-corrected chi connectivity index (χ2v) is 4.61. The number of rotatable bonds is 5. The van der Waals surface area contributed by atoms with E-state index in [1.54, 1.807) is 0 Å². The first kappa shape index (κ1) is 11.8. The molecule has 4 nitrogen and oxygen atoms in total. The van der Waals surface area contributed by atoms with Crippen molar-refractivity contribution in [3.05, 3.63) is 42.2 Å². The summed E-state index contributed by atoms with van der Waals surface area (Å²) in [6.45, 7) is 5.37. The molecule has 0 aliphatic heterocycles. The summed E-state index contributed by atoms with van der Waals surface area (Å²) in [5.74, 6) is 1.66. The normalized spacial score (nSPS) is 11.0. The molecule has 0 atom stereocenters. The van der Waals surface area contributed by atoms with E-state index in [4.69, 9.17) is 0 Å². The van der Waals surface area contributed by atoms with Crippen molar-refractivity contribution < 1.29 is 0 Å². The van der Waals surface area contributed by atoms with Crippen molar-refractivity contribution in [2.75, 3.05) is 0 Å². The second-order valence-electron chi connectivity index (χ2n) is 4.61. The average Bonchev–Trinajstić information content (AvgIpc) is 2.74. The van der Waals surface area contributed by atoms with Gasteiger partial charge in [-0.25, -0.2) is 0 Å². The molecule has 0 unspecified atom stereocenters. The highest BCUT2D eigenvalue weighted by atomic mass is 15.3. The van der Waals surface area contributed by atoms with Crippen molar-refractivity contribution in [3.8, 4) is 0 Å². The second kappa shape index (κ2) is 5.57. The Balaban J connectivity index is 1.97. The van der Waals surface area contributed by atoms with E-state index in [9.17, 15) is 0 Å². The maximum absolute atomic E-state index is 4.31. The lowest BCUT2D eigenvalue weighted by molar-refractivity contribution is 0.505. The number of hydrogen-bond donors (Lipinski definition) is 0. The maximum Gasteiger partial charge on any atom is 0.133 e. The highest BCUT2D eigenvalue weighted by Crippen LogP contribution is 2.05. The molecule has 0 spiro atoms. The van der Waals surface area contributed by atoms with E-state index < -0.39 is 0 Å². The van der Waals surface area contributed by atoms with Gasteiger partial charge in [0.1, 0.15) is 12.2 Å². The third kappa shape index (κ3) is 3.37. The van der Waals surface area contributed by atoms with Gasteiger partial charge in [0.05, 0.1) is 0 Å². The van der Waals surface area contributed by atoms with Crippen LogP contribution in [0.2, 0.25) is 0 Å². The first-order chi connectivity index (χ1) is 8.25. The molecule has 4 heteroatoms. The van der Waals surface area contributed by atoms with Gasteiger partial charge in [0.25, 0.3) is 0 Å². The van der Waals surface area contributed by atoms with Crippen LogP contribution in [0.1, 0.15) is 25.4 Å². The quantitative estimate of drug-likeness (QED) is 0.790. The monoisotopic (exact) mass is 230 g/mol. The Kier molecular flexibility index (Phi) is 3.85. The average molecular weight is 230 g/mol. The van der Waals surface area contributed by atoms with E-state index in [1.165, 1.54) is 0 Å². The molecule has 0 saturated heterocycles. The molecule has 0 amide bonds. The number of aromatic nitrogens is 4. The van der Waals surface area contributed by atoms with Crippen LogP contribution in [0.15, 0.2) is 30.7 Å². The molecule has 17 heavy (non-hydrogen) atoms. The molecular weight excluding hydrogens is 212 g/mol. The smallest absolute Gasteiger partial charge is 0.133 e. The van der Waals surface area contributed by atoms with Crippen molar-refractivity contribution in [2.45, 2.75) is 33.2 Å². The zero-order valence-electron chi connectivity index (χ0n) is 10.4. The Bertz CT molecular complexity index is 447. The lowest BCUT2D eigenvalue weighted by Gasteiger charge is -2.08. The Morgan fingerprint density at radius 1 is 1.24 bits per heavy atom. The molecular formula is C13H18N4. The topological polar surface area (TPSA) is 43.6 Å². The molecule has 0 bridgehead atoms. The molecule has 0 aliphatic carbocycles. The molecule has 2 heterocycles. The molecule has 0 fully saturated rings. The van der Waals surface area contributed by atoms with Gasteiger partial charge in [0.2, 0.25) is 0 Å². The summed E-state index contributed by atoms with van der Waals surface area (Å²) in [5, 5.41) is 8.15. The molecule has 2 rings (SSSR count). The zero-order valence-corrected chi connectivity index (χ0v) is 10.4. The number of aryl methyl sites for hydroxylation is 2. The molecule has 2 aromatic heterocycles. The Morgan fingerprint density at radius 3 is 2.82 bits per heavy atom. The lowest BCUT2D eigenvalue weighted by atomic mass is 10.2. The van der Waals surface area contributed by atoms with Crippen LogP contribution in [0.5, 0.6) is 0 Å². The highest BCUT2D eigenvalue weighted by molar-refractivity contribution is 5.05. The fourth-order valence-electron chi connectivity index (χ4n) is 1.80. The van der Waals surface area contributed by atoms with Gasteiger partial charge in [-0.05, 0) is 24.5 Å². The van der Waals surface area contributed by atoms with Gasteiger partial charge < -0.3 is 4.57 Å². The Morgan fingerprint density at radius 2 is 2.12 bits per heavy atom. The van der Waals surface area contributed by atoms with Crippen molar-refractivity contribution in [2.24, 2.45) is 5.92 Å². The SMILES string of the molecule is CC(C)Cn1cnnc1CCc1ccccn1. The largest absolute Gasteiger partial charge is 0.317 e. The number of hydrogen-bond acceptors (Lipinski definition) is 3. The fourth-order valence-corrected chi connectivity index (χ4v) is 1.80. The number of pyridine rings is 1. The van der Waals surface area contributed by atoms with Gasteiger partial charge in [-0.3, -0.25) is 4.98 Å². The van der Waals surface area contributed by atoms with Gasteiger partial charge in [-0.1, -0.05) is 19.9 Å². The first-order valence-corrected chi connectivity index (χ1v) is 6.02. The minimum atomic E-state index is 0.611. The molecule has 0 N–H and O–H groups in total. The highest BCUT2D eigenvalue weighted by Gasteiger charge is 2.06. The predicted molar refractivity (Wildman–Crippen MR) is 66.5 cm³/mol. The molecule has 0 saturated carbocycles. The molecule has 90 valence electrons. The van der Waals surface area contributed by atoms with Crippen LogP contribution in [0.25, 0.3) is 0 Å². The van der Waals surface area contributed by atoms with E-state index in [0.29, 0.717) is 5.92 Å². The fraction of sp³-hybridized carbons (Fsp3) is 0.462. The van der Waals surface area contributed by atoms with Gasteiger partial charge in [-0.15, -0.1) is 10.2 Å². The third-order valence-electron chi connectivity index (χ3n) is 2.59. The van der Waals surface area contributed by atoms with Crippen LogP contribution in [-0.4, -0.2) is 19.7 Å². The summed E-state index contributed by atoms with van der Waals surface area (Å²) in [5.41, 5.74) is 1.10. The van der Waals surface area contributed by atoms with E-state index in [2.05, 4.69) is 33.6 Å². The van der Waals surface area contributed by atoms with Gasteiger partial charge in [-0.2, -0.15) is 0 Å². The summed E-state index contributed by atoms with van der Waals surface area (Å²) in [6, 6.07) is 6.00. The van der Waals surface area contributed by atoms with E-state index in [0.717, 1.165) is 30.9 Å². The van der Waals surface area contributed by atoms with Crippen LogP contribution < -0.4 is 0 Å². The molecule has 0 aliphatic rings. The van der Waals surface area contributed by atoms with Gasteiger partial charge in [0, 0.05) is 24.9 Å². The molecule has 0 aromatic carbocycles. The van der Waals surface area contributed by atoms with Crippen LogP contribution in [0.3, 0.4) is 0 Å². The first-order valence-electron chi connectivity index (χ1n) is 6.02. The van der Waals surface area contributed by atoms with E-state index in [1.807, 2.05) is 30.7 Å². The summed E-state index contributed by atoms with van der Waals surface area (Å²) in [7, 11) is 0. The van der Waals surface area contributed by atoms with Gasteiger partial charge in [0.15, 0.2) is 0 Å². The Labute approximate surface area is 102 Å². The summed E-state index contributed by atoms with van der Waals surface area (Å²) >= 11 is 0. The lowest BCUT2D eigenvalue weighted by Crippen LogP contribution is -2.09. The summed E-state index contributed by atoms with van der Waals surface area (Å²) in [4.78, 5) is 4.31. The van der Waals surface area contributed by atoms with Crippen molar-refractivity contribution in [3.63, 3.8) is 0 Å². The van der Waals surface area contributed by atoms with Crippen LogP contribution in [-0.2, 0) is 19.4 Å². The van der Waals surface area contributed by atoms with Crippen LogP contribution in [0.4, 0.5) is 0 Å². The third-order valence-corrected chi connectivity index (χ3v) is 2.59. The summed E-state index contributed by atoms with van der Waals surface area (Å²) < 4.78 is 2.13. The van der Waals surface area contributed by atoms with Crippen LogP contribution in [0, 0.1) is 5.92 Å². The molecule has 2 aromatic rings. The molecule has 0 radical (unpaired) electrons. The van der Waals surface area contributed by atoms with Crippen LogP contribution >= 0.6 is 0 Å². The van der Waals surface area contributed by atoms with E-state index in [-0.39, 0.29) is 0 Å². The predicted octanol–water partition coefficient (Wildman–Crippen LogP) is 2.11. The van der Waals surface area contributed by atoms with E-state index >= 15 is 0 Å². The minimum Gasteiger partial charge on any atom is -0.317 e. The number of nitrogens with zero attached hydrogens (tertiary/aromatic N) is 4. The van der Waals surface area contributed by atoms with Crippen molar-refractivity contribution in [1.82, 2.24) is 19.7 Å². The standard InChI is InChI=1S/C13H18N4/c1-11(2)9-17-10-15-16-13(17)7-6-12-5-3-4-8-14-12/h3-5,8,10-11H,6-7,9H2,1-2H3. The van der Waals surface area contributed by atoms with Crippen molar-refractivity contribution in [1.29, 1.82) is 0 Å². The van der Waals surface area contributed by atoms with Gasteiger partial charge >= 0.3 is 0 Å². The zero-order chi connectivity index (χ0) is 12.1. The minimum absolute atomic E-state index is 0.611. The maximum atomic E-state index is 4.31. The summed E-state index contributed by atoms with van der Waals surface area (Å²) in [6.07, 6.45) is 5.45.